The summed E-state index contributed by atoms with van der Waals surface area (Å²) in [7, 11) is 0. The largest absolute Gasteiger partial charge is 0.456 e. The Morgan fingerprint density at radius 3 is 1.61 bits per heavy atom. The number of rotatable bonds is 5. The van der Waals surface area contributed by atoms with Crippen molar-refractivity contribution in [2.24, 2.45) is 0 Å². The quantitative estimate of drug-likeness (QED) is 0.172. The highest BCUT2D eigenvalue weighted by Crippen LogP contribution is 2.44. The summed E-state index contributed by atoms with van der Waals surface area (Å²) < 4.78 is 14.2. The van der Waals surface area contributed by atoms with E-state index in [4.69, 9.17) is 19.4 Å². The van der Waals surface area contributed by atoms with Crippen molar-refractivity contribution in [1.82, 2.24) is 24.1 Å². The number of aromatic nitrogens is 5. The standard InChI is InChI=1S/C65H37N5OS/c1-2-18-44(19-3-1)69-54-23-11-8-20-46(54)50-32-42(27-29-56(50)69)63-66-64(43-26-28-49-48-22-10-13-25-60(48)72-61(49)35-43)68-65(67-63)53-36-45(37-59-62(53)52-31-39-15-5-7-17-41(39)34-58(52)71-59)70-55-24-12-9-21-47(55)51-30-38-14-4-6-16-40(38)33-57(51)70/h1-37H. The van der Waals surface area contributed by atoms with E-state index in [1.54, 1.807) is 11.3 Å². The number of furan rings is 1. The van der Waals surface area contributed by atoms with Crippen molar-refractivity contribution < 1.29 is 4.42 Å². The molecule has 16 rings (SSSR count). The highest BCUT2D eigenvalue weighted by molar-refractivity contribution is 7.25. The molecule has 0 aliphatic carbocycles. The van der Waals surface area contributed by atoms with Crippen molar-refractivity contribution in [3.63, 3.8) is 0 Å². The molecule has 0 radical (unpaired) electrons. The van der Waals surface area contributed by atoms with E-state index in [2.05, 4.69) is 234 Å². The summed E-state index contributed by atoms with van der Waals surface area (Å²) in [5.41, 5.74) is 10.8. The second-order valence-electron chi connectivity index (χ2n) is 18.8. The monoisotopic (exact) mass is 935 g/mol. The molecule has 5 heterocycles. The number of nitrogens with zero attached hydrogens (tertiary/aromatic N) is 5. The van der Waals surface area contributed by atoms with Crippen LogP contribution in [0, 0.1) is 0 Å². The van der Waals surface area contributed by atoms with Crippen LogP contribution in [0.3, 0.4) is 0 Å². The second kappa shape index (κ2) is 15.0. The van der Waals surface area contributed by atoms with E-state index < -0.39 is 0 Å². The molecule has 0 saturated carbocycles. The van der Waals surface area contributed by atoms with Gasteiger partial charge < -0.3 is 13.6 Å². The lowest BCUT2D eigenvalue weighted by Gasteiger charge is -2.13. The third-order valence-corrected chi connectivity index (χ3v) is 15.8. The van der Waals surface area contributed by atoms with E-state index in [-0.39, 0.29) is 0 Å². The van der Waals surface area contributed by atoms with Crippen LogP contribution in [0.15, 0.2) is 229 Å². The van der Waals surface area contributed by atoms with Crippen LogP contribution in [0.2, 0.25) is 0 Å². The first-order chi connectivity index (χ1) is 35.6. The Labute approximate surface area is 414 Å². The van der Waals surface area contributed by atoms with Gasteiger partial charge in [0.05, 0.1) is 27.8 Å². The third-order valence-electron chi connectivity index (χ3n) is 14.7. The van der Waals surface area contributed by atoms with Crippen molar-refractivity contribution in [2.45, 2.75) is 0 Å². The predicted octanol–water partition coefficient (Wildman–Crippen LogP) is 17.6. The van der Waals surface area contributed by atoms with Crippen LogP contribution in [0.1, 0.15) is 0 Å². The van der Waals surface area contributed by atoms with Crippen LogP contribution in [-0.4, -0.2) is 24.1 Å². The number of hydrogen-bond acceptors (Lipinski definition) is 5. The molecule has 0 saturated heterocycles. The Balaban J connectivity index is 1.000. The Hall–Kier alpha value is -9.43. The molecule has 72 heavy (non-hydrogen) atoms. The number of fused-ring (bicyclic) bond motifs is 14. The first kappa shape index (κ1) is 39.4. The molecule has 0 bridgehead atoms. The lowest BCUT2D eigenvalue weighted by Crippen LogP contribution is -2.02. The summed E-state index contributed by atoms with van der Waals surface area (Å²) in [5, 5.41) is 13.7. The molecule has 11 aromatic carbocycles. The fourth-order valence-electron chi connectivity index (χ4n) is 11.4. The molecule has 16 aromatic rings. The van der Waals surface area contributed by atoms with Crippen LogP contribution in [0.25, 0.3) is 153 Å². The van der Waals surface area contributed by atoms with Gasteiger partial charge in [0.15, 0.2) is 17.5 Å². The minimum absolute atomic E-state index is 0.562. The summed E-state index contributed by atoms with van der Waals surface area (Å²) in [6.45, 7) is 0. The summed E-state index contributed by atoms with van der Waals surface area (Å²) in [4.78, 5) is 16.5. The van der Waals surface area contributed by atoms with Gasteiger partial charge in [-0.3, -0.25) is 0 Å². The van der Waals surface area contributed by atoms with Gasteiger partial charge in [0, 0.05) is 80.9 Å². The SMILES string of the molecule is c1ccc(-n2c3ccccc3c3cc(-c4nc(-c5ccc6c(c5)sc5ccccc56)nc(-c5cc(-n6c7ccccc7c7cc8ccccc8cc76)cc6oc7cc8ccccc8cc7c56)n4)ccc32)cc1. The summed E-state index contributed by atoms with van der Waals surface area (Å²) in [6, 6.07) is 80.3. The first-order valence-corrected chi connectivity index (χ1v) is 25.1. The average Bonchev–Trinajstić information content (AvgIpc) is 4.18. The van der Waals surface area contributed by atoms with E-state index in [1.807, 2.05) is 0 Å². The van der Waals surface area contributed by atoms with E-state index in [1.165, 1.54) is 41.7 Å². The molecule has 0 spiro atoms. The maximum Gasteiger partial charge on any atom is 0.164 e. The summed E-state index contributed by atoms with van der Waals surface area (Å²) >= 11 is 1.79. The highest BCUT2D eigenvalue weighted by Gasteiger charge is 2.23. The minimum Gasteiger partial charge on any atom is -0.456 e. The van der Waals surface area contributed by atoms with Gasteiger partial charge >= 0.3 is 0 Å². The van der Waals surface area contributed by atoms with E-state index in [9.17, 15) is 0 Å². The zero-order valence-electron chi connectivity index (χ0n) is 38.4. The van der Waals surface area contributed by atoms with E-state index in [0.29, 0.717) is 17.5 Å². The smallest absolute Gasteiger partial charge is 0.164 e. The van der Waals surface area contributed by atoms with Gasteiger partial charge in [-0.2, -0.15) is 0 Å². The molecular formula is C65H37N5OS. The number of benzene rings is 11. The Morgan fingerprint density at radius 1 is 0.319 bits per heavy atom. The zero-order valence-corrected chi connectivity index (χ0v) is 39.2. The topological polar surface area (TPSA) is 61.7 Å². The van der Waals surface area contributed by atoms with E-state index >= 15 is 0 Å². The number of para-hydroxylation sites is 3. The molecule has 7 heteroatoms. The van der Waals surface area contributed by atoms with Gasteiger partial charge in [-0.15, -0.1) is 11.3 Å². The minimum atomic E-state index is 0.562. The van der Waals surface area contributed by atoms with Crippen LogP contribution >= 0.6 is 11.3 Å². The fraction of sp³-hybridized carbons (Fsp3) is 0. The van der Waals surface area contributed by atoms with Crippen molar-refractivity contribution in [3.05, 3.63) is 224 Å². The molecule has 0 aliphatic rings. The predicted molar refractivity (Wildman–Crippen MR) is 300 cm³/mol. The van der Waals surface area contributed by atoms with Gasteiger partial charge in [-0.25, -0.2) is 15.0 Å². The van der Waals surface area contributed by atoms with Gasteiger partial charge in [-0.05, 0) is 106 Å². The van der Waals surface area contributed by atoms with Crippen molar-refractivity contribution in [2.75, 3.05) is 0 Å². The van der Waals surface area contributed by atoms with Crippen LogP contribution < -0.4 is 0 Å². The van der Waals surface area contributed by atoms with E-state index in [0.717, 1.165) is 93.6 Å². The maximum absolute atomic E-state index is 7.00. The van der Waals surface area contributed by atoms with Gasteiger partial charge in [0.2, 0.25) is 0 Å². The number of hydrogen-bond donors (Lipinski definition) is 0. The number of thiophene rings is 1. The molecule has 0 N–H and O–H groups in total. The second-order valence-corrected chi connectivity index (χ2v) is 19.9. The molecule has 0 aliphatic heterocycles. The molecule has 0 fully saturated rings. The molecular weight excluding hydrogens is 899 g/mol. The summed E-state index contributed by atoms with van der Waals surface area (Å²) in [6.07, 6.45) is 0. The Bertz CT molecular complexity index is 4940. The lowest BCUT2D eigenvalue weighted by molar-refractivity contribution is 0.669. The summed E-state index contributed by atoms with van der Waals surface area (Å²) in [5.74, 6) is 1.75. The molecule has 0 atom stereocenters. The van der Waals surface area contributed by atoms with Gasteiger partial charge in [-0.1, -0.05) is 133 Å². The van der Waals surface area contributed by atoms with Crippen molar-refractivity contribution in [3.8, 4) is 45.5 Å². The zero-order chi connectivity index (χ0) is 47.0. The van der Waals surface area contributed by atoms with Gasteiger partial charge in [0.1, 0.15) is 11.2 Å². The lowest BCUT2D eigenvalue weighted by atomic mass is 10.0. The third kappa shape index (κ3) is 5.86. The van der Waals surface area contributed by atoms with Crippen molar-refractivity contribution >= 4 is 119 Å². The molecule has 5 aromatic heterocycles. The van der Waals surface area contributed by atoms with Crippen LogP contribution in [0.5, 0.6) is 0 Å². The van der Waals surface area contributed by atoms with Crippen LogP contribution in [-0.2, 0) is 0 Å². The molecule has 6 nitrogen and oxygen atoms in total. The first-order valence-electron chi connectivity index (χ1n) is 24.2. The molecule has 0 amide bonds. The average molecular weight is 936 g/mol. The highest BCUT2D eigenvalue weighted by atomic mass is 32.1. The Kier molecular flexibility index (Phi) is 8.23. The Morgan fingerprint density at radius 2 is 0.861 bits per heavy atom. The molecule has 334 valence electrons. The fourth-order valence-corrected chi connectivity index (χ4v) is 12.5. The van der Waals surface area contributed by atoms with Crippen LogP contribution in [0.4, 0.5) is 0 Å². The maximum atomic E-state index is 7.00. The van der Waals surface area contributed by atoms with Gasteiger partial charge in [0.25, 0.3) is 0 Å². The normalized spacial score (nSPS) is 12.2. The molecule has 0 unspecified atom stereocenters. The van der Waals surface area contributed by atoms with Crippen molar-refractivity contribution in [1.29, 1.82) is 0 Å².